The summed E-state index contributed by atoms with van der Waals surface area (Å²) in [7, 11) is 2.13. The Morgan fingerprint density at radius 3 is 2.65 bits per heavy atom. The van der Waals surface area contributed by atoms with Crippen molar-refractivity contribution in [1.29, 1.82) is 0 Å². The molecule has 0 amide bonds. The first-order valence-corrected chi connectivity index (χ1v) is 9.76. The second-order valence-electron chi connectivity index (χ2n) is 7.41. The number of likely N-dealkylation sites (tertiary alicyclic amines) is 1. The van der Waals surface area contributed by atoms with Gasteiger partial charge in [0.25, 0.3) is 0 Å². The van der Waals surface area contributed by atoms with E-state index in [9.17, 15) is 4.79 Å². The highest BCUT2D eigenvalue weighted by atomic mass is 35.5. The number of rotatable bonds is 4. The zero-order valence-corrected chi connectivity index (χ0v) is 15.8. The molecule has 0 spiro atoms. The number of hydrogen-bond acceptors (Lipinski definition) is 4. The van der Waals surface area contributed by atoms with E-state index in [-0.39, 0.29) is 12.1 Å². The van der Waals surface area contributed by atoms with Gasteiger partial charge in [-0.15, -0.1) is 11.3 Å². The second-order valence-corrected chi connectivity index (χ2v) is 9.12. The van der Waals surface area contributed by atoms with E-state index in [1.165, 1.54) is 17.8 Å². The average molecular weight is 356 g/mol. The fraction of sp³-hybridized carbons (Fsp3) is 0.722. The summed E-state index contributed by atoms with van der Waals surface area (Å²) in [5, 5.41) is 0. The van der Waals surface area contributed by atoms with Gasteiger partial charge in [-0.05, 0) is 51.3 Å². The molecule has 1 saturated carbocycles. The van der Waals surface area contributed by atoms with Gasteiger partial charge in [0.05, 0.1) is 4.34 Å². The van der Waals surface area contributed by atoms with E-state index in [0.717, 1.165) is 41.6 Å². The molecule has 0 aromatic carbocycles. The number of carbonyl (C=O) groups excluding carboxylic acids is 1. The standard InChI is InChI=1S/C18H26ClNO2S/c1-12-11-20(3)10-9-14(12)22-17(21)18(2,13-5-4-6-13)15-7-8-16(19)23-15/h7-8,12-14H,4-6,9-11H2,1-3H3. The molecule has 1 aliphatic heterocycles. The van der Waals surface area contributed by atoms with Crippen LogP contribution >= 0.6 is 22.9 Å². The van der Waals surface area contributed by atoms with Crippen molar-refractivity contribution in [2.45, 2.75) is 51.0 Å². The minimum absolute atomic E-state index is 0.0357. The lowest BCUT2D eigenvalue weighted by molar-refractivity contribution is -0.164. The van der Waals surface area contributed by atoms with Crippen molar-refractivity contribution in [3.63, 3.8) is 0 Å². The Bertz CT molecular complexity index is 571. The van der Waals surface area contributed by atoms with Crippen molar-refractivity contribution in [1.82, 2.24) is 4.90 Å². The van der Waals surface area contributed by atoms with Crippen LogP contribution in [0.1, 0.15) is 44.4 Å². The van der Waals surface area contributed by atoms with Crippen molar-refractivity contribution in [3.05, 3.63) is 21.3 Å². The SMILES string of the molecule is CC1CN(C)CCC1OC(=O)C(C)(c1ccc(Cl)s1)C1CCC1. The van der Waals surface area contributed by atoms with Crippen molar-refractivity contribution in [3.8, 4) is 0 Å². The fourth-order valence-electron chi connectivity index (χ4n) is 3.82. The quantitative estimate of drug-likeness (QED) is 0.752. The van der Waals surface area contributed by atoms with Gasteiger partial charge in [0.2, 0.25) is 0 Å². The van der Waals surface area contributed by atoms with Crippen LogP contribution < -0.4 is 0 Å². The molecule has 3 nitrogen and oxygen atoms in total. The fourth-order valence-corrected chi connectivity index (χ4v) is 5.07. The molecule has 1 aromatic rings. The second kappa shape index (κ2) is 6.73. The van der Waals surface area contributed by atoms with Gasteiger partial charge in [0.15, 0.2) is 0 Å². The number of carbonyl (C=O) groups is 1. The first kappa shape index (κ1) is 17.2. The summed E-state index contributed by atoms with van der Waals surface area (Å²) < 4.78 is 6.78. The molecule has 3 atom stereocenters. The van der Waals surface area contributed by atoms with Crippen LogP contribution in [0.2, 0.25) is 4.34 Å². The van der Waals surface area contributed by atoms with E-state index < -0.39 is 5.41 Å². The maximum atomic E-state index is 13.1. The number of thiophene rings is 1. The van der Waals surface area contributed by atoms with Crippen LogP contribution in [-0.2, 0) is 14.9 Å². The van der Waals surface area contributed by atoms with E-state index in [4.69, 9.17) is 16.3 Å². The highest BCUT2D eigenvalue weighted by Crippen LogP contribution is 2.48. The minimum atomic E-state index is -0.543. The van der Waals surface area contributed by atoms with Gasteiger partial charge in [-0.1, -0.05) is 24.9 Å². The zero-order chi connectivity index (χ0) is 16.6. The predicted octanol–water partition coefficient (Wildman–Crippen LogP) is 4.34. The summed E-state index contributed by atoms with van der Waals surface area (Å²) in [5.74, 6) is 0.712. The Kier molecular flexibility index (Phi) is 5.05. The normalized spacial score (nSPS) is 28.9. The van der Waals surface area contributed by atoms with Crippen LogP contribution in [0, 0.1) is 11.8 Å². The topological polar surface area (TPSA) is 29.5 Å². The van der Waals surface area contributed by atoms with Gasteiger partial charge in [0, 0.05) is 23.9 Å². The molecule has 1 aliphatic carbocycles. The number of esters is 1. The number of ether oxygens (including phenoxy) is 1. The molecule has 2 heterocycles. The van der Waals surface area contributed by atoms with Gasteiger partial charge < -0.3 is 9.64 Å². The average Bonchev–Trinajstić information content (AvgIpc) is 2.86. The Hall–Kier alpha value is -0.580. The van der Waals surface area contributed by atoms with Crippen LogP contribution in [0.4, 0.5) is 0 Å². The lowest BCUT2D eigenvalue weighted by Gasteiger charge is -2.42. The predicted molar refractivity (Wildman–Crippen MR) is 95.2 cm³/mol. The lowest BCUT2D eigenvalue weighted by Crippen LogP contribution is -2.48. The summed E-state index contributed by atoms with van der Waals surface area (Å²) in [5.41, 5.74) is -0.543. The molecule has 0 bridgehead atoms. The number of hydrogen-bond donors (Lipinski definition) is 0. The summed E-state index contributed by atoms with van der Waals surface area (Å²) in [6.07, 6.45) is 4.37. The molecule has 1 saturated heterocycles. The summed E-state index contributed by atoms with van der Waals surface area (Å²) in [4.78, 5) is 16.5. The Labute approximate surface area is 148 Å². The molecule has 2 fully saturated rings. The van der Waals surface area contributed by atoms with E-state index in [1.54, 1.807) is 0 Å². The van der Waals surface area contributed by atoms with E-state index in [1.807, 2.05) is 12.1 Å². The van der Waals surface area contributed by atoms with Crippen LogP contribution in [0.25, 0.3) is 0 Å². The first-order valence-electron chi connectivity index (χ1n) is 8.56. The van der Waals surface area contributed by atoms with Gasteiger partial charge in [-0.3, -0.25) is 4.79 Å². The van der Waals surface area contributed by atoms with E-state index in [0.29, 0.717) is 11.8 Å². The highest BCUT2D eigenvalue weighted by molar-refractivity contribution is 7.16. The van der Waals surface area contributed by atoms with Gasteiger partial charge in [0.1, 0.15) is 11.5 Å². The van der Waals surface area contributed by atoms with E-state index >= 15 is 0 Å². The van der Waals surface area contributed by atoms with Gasteiger partial charge in [-0.2, -0.15) is 0 Å². The molecule has 0 radical (unpaired) electrons. The highest BCUT2D eigenvalue weighted by Gasteiger charge is 2.48. The van der Waals surface area contributed by atoms with Crippen LogP contribution in [0.15, 0.2) is 12.1 Å². The summed E-state index contributed by atoms with van der Waals surface area (Å²) >= 11 is 7.65. The molecule has 3 rings (SSSR count). The van der Waals surface area contributed by atoms with Gasteiger partial charge >= 0.3 is 5.97 Å². The molecule has 2 aliphatic rings. The maximum absolute atomic E-state index is 13.1. The number of halogens is 1. The molecule has 1 aromatic heterocycles. The zero-order valence-electron chi connectivity index (χ0n) is 14.2. The third-order valence-corrected chi connectivity index (χ3v) is 7.19. The summed E-state index contributed by atoms with van der Waals surface area (Å²) in [6.45, 7) is 6.22. The minimum Gasteiger partial charge on any atom is -0.461 e. The van der Waals surface area contributed by atoms with Crippen LogP contribution in [0.5, 0.6) is 0 Å². The lowest BCUT2D eigenvalue weighted by atomic mass is 9.65. The molecule has 23 heavy (non-hydrogen) atoms. The number of nitrogens with zero attached hydrogens (tertiary/aromatic N) is 1. The number of piperidine rings is 1. The largest absolute Gasteiger partial charge is 0.461 e. The molecule has 128 valence electrons. The molecule has 0 N–H and O–H groups in total. The third-order valence-electron chi connectivity index (χ3n) is 5.72. The van der Waals surface area contributed by atoms with Crippen LogP contribution in [-0.4, -0.2) is 37.1 Å². The van der Waals surface area contributed by atoms with Crippen molar-refractivity contribution >= 4 is 28.9 Å². The molecule has 3 unspecified atom stereocenters. The third kappa shape index (κ3) is 3.31. The molecular formula is C18H26ClNO2S. The van der Waals surface area contributed by atoms with Gasteiger partial charge in [-0.25, -0.2) is 0 Å². The smallest absolute Gasteiger partial charge is 0.317 e. The van der Waals surface area contributed by atoms with Crippen molar-refractivity contribution in [2.75, 3.05) is 20.1 Å². The molecular weight excluding hydrogens is 330 g/mol. The monoisotopic (exact) mass is 355 g/mol. The van der Waals surface area contributed by atoms with Crippen molar-refractivity contribution < 1.29 is 9.53 Å². The maximum Gasteiger partial charge on any atom is 0.317 e. The van der Waals surface area contributed by atoms with Crippen LogP contribution in [0.3, 0.4) is 0 Å². The first-order chi connectivity index (χ1) is 10.9. The Morgan fingerprint density at radius 2 is 2.13 bits per heavy atom. The Balaban J connectivity index is 1.78. The molecule has 5 heteroatoms. The van der Waals surface area contributed by atoms with Crippen molar-refractivity contribution in [2.24, 2.45) is 11.8 Å². The Morgan fingerprint density at radius 1 is 1.39 bits per heavy atom. The van der Waals surface area contributed by atoms with E-state index in [2.05, 4.69) is 25.8 Å². The summed E-state index contributed by atoms with van der Waals surface area (Å²) in [6, 6.07) is 3.90.